The molecule has 3 rings (SSSR count). The van der Waals surface area contributed by atoms with E-state index in [1.54, 1.807) is 0 Å². The summed E-state index contributed by atoms with van der Waals surface area (Å²) in [6.45, 7) is 10.1. The first-order chi connectivity index (χ1) is 11.9. The maximum absolute atomic E-state index is 12.4. The van der Waals surface area contributed by atoms with Crippen LogP contribution in [0.4, 0.5) is 5.69 Å². The van der Waals surface area contributed by atoms with Gasteiger partial charge in [-0.15, -0.1) is 0 Å². The van der Waals surface area contributed by atoms with Crippen LogP contribution in [0, 0.1) is 31.1 Å². The summed E-state index contributed by atoms with van der Waals surface area (Å²) >= 11 is 0. The van der Waals surface area contributed by atoms with Crippen molar-refractivity contribution in [3.63, 3.8) is 0 Å². The van der Waals surface area contributed by atoms with Gasteiger partial charge in [0.25, 0.3) is 0 Å². The zero-order valence-electron chi connectivity index (χ0n) is 15.5. The van der Waals surface area contributed by atoms with Crippen LogP contribution < -0.4 is 10.2 Å². The van der Waals surface area contributed by atoms with Gasteiger partial charge in [-0.05, 0) is 56.7 Å². The Labute approximate surface area is 150 Å². The van der Waals surface area contributed by atoms with Gasteiger partial charge in [0.15, 0.2) is 0 Å². The highest BCUT2D eigenvalue weighted by molar-refractivity contribution is 5.79. The van der Waals surface area contributed by atoms with Crippen molar-refractivity contribution in [3.8, 4) is 6.07 Å². The number of nitrogens with zero attached hydrogens (tertiary/aromatic N) is 3. The number of benzene rings is 1. The number of anilines is 1. The van der Waals surface area contributed by atoms with Crippen molar-refractivity contribution in [2.24, 2.45) is 5.92 Å². The lowest BCUT2D eigenvalue weighted by Gasteiger charge is -2.37. The largest absolute Gasteiger partial charge is 0.369 e. The molecular weight excluding hydrogens is 312 g/mol. The molecule has 1 atom stereocenters. The van der Waals surface area contributed by atoms with E-state index < -0.39 is 5.54 Å². The molecule has 0 spiro atoms. The van der Waals surface area contributed by atoms with Crippen LogP contribution >= 0.6 is 0 Å². The van der Waals surface area contributed by atoms with Crippen LogP contribution in [-0.4, -0.2) is 49.1 Å². The molecule has 1 saturated carbocycles. The van der Waals surface area contributed by atoms with Crippen molar-refractivity contribution in [1.29, 1.82) is 5.26 Å². The molecule has 25 heavy (non-hydrogen) atoms. The second kappa shape index (κ2) is 7.05. The van der Waals surface area contributed by atoms with Gasteiger partial charge in [-0.3, -0.25) is 9.69 Å². The van der Waals surface area contributed by atoms with Crippen LogP contribution in [0.2, 0.25) is 0 Å². The highest BCUT2D eigenvalue weighted by Crippen LogP contribution is 2.39. The number of hydrogen-bond acceptors (Lipinski definition) is 4. The predicted octanol–water partition coefficient (Wildman–Crippen LogP) is 2.23. The summed E-state index contributed by atoms with van der Waals surface area (Å²) in [6.07, 6.45) is 2.08. The van der Waals surface area contributed by atoms with Gasteiger partial charge in [0.1, 0.15) is 5.54 Å². The Balaban J connectivity index is 1.52. The van der Waals surface area contributed by atoms with Gasteiger partial charge < -0.3 is 10.2 Å². The van der Waals surface area contributed by atoms with Crippen molar-refractivity contribution in [2.45, 2.75) is 39.2 Å². The zero-order valence-corrected chi connectivity index (χ0v) is 15.5. The third kappa shape index (κ3) is 3.96. The predicted molar refractivity (Wildman–Crippen MR) is 99.5 cm³/mol. The molecule has 2 fully saturated rings. The normalized spacial score (nSPS) is 20.6. The lowest BCUT2D eigenvalue weighted by molar-refractivity contribution is -0.123. The first kappa shape index (κ1) is 17.8. The summed E-state index contributed by atoms with van der Waals surface area (Å²) in [6, 6.07) is 8.72. The number of amides is 1. The Kier molecular flexibility index (Phi) is 5.01. The van der Waals surface area contributed by atoms with Gasteiger partial charge in [-0.1, -0.05) is 12.1 Å². The van der Waals surface area contributed by atoms with Crippen molar-refractivity contribution in [2.75, 3.05) is 37.6 Å². The van der Waals surface area contributed by atoms with Crippen LogP contribution in [0.25, 0.3) is 0 Å². The number of carbonyl (C=O) groups is 1. The molecule has 1 N–H and O–H groups in total. The van der Waals surface area contributed by atoms with Gasteiger partial charge >= 0.3 is 0 Å². The molecule has 1 heterocycles. The molecule has 0 aromatic heterocycles. The van der Waals surface area contributed by atoms with Gasteiger partial charge in [-0.25, -0.2) is 0 Å². The molecule has 1 aromatic rings. The van der Waals surface area contributed by atoms with E-state index in [1.807, 2.05) is 6.92 Å². The first-order valence-electron chi connectivity index (χ1n) is 9.19. The van der Waals surface area contributed by atoms with E-state index in [9.17, 15) is 10.1 Å². The number of hydrogen-bond donors (Lipinski definition) is 1. The molecular formula is C20H28N4O. The average molecular weight is 340 g/mol. The van der Waals surface area contributed by atoms with Crippen LogP contribution in [-0.2, 0) is 4.79 Å². The fourth-order valence-electron chi connectivity index (χ4n) is 3.64. The van der Waals surface area contributed by atoms with E-state index in [2.05, 4.69) is 53.2 Å². The molecule has 1 aromatic carbocycles. The topological polar surface area (TPSA) is 59.4 Å². The molecule has 0 unspecified atom stereocenters. The Morgan fingerprint density at radius 3 is 2.56 bits per heavy atom. The van der Waals surface area contributed by atoms with Crippen molar-refractivity contribution in [3.05, 3.63) is 29.3 Å². The number of carbonyl (C=O) groups excluding carboxylic acids is 1. The smallest absolute Gasteiger partial charge is 0.235 e. The fraction of sp³-hybridized carbons (Fsp3) is 0.600. The molecule has 2 aliphatic rings. The first-order valence-corrected chi connectivity index (χ1v) is 9.19. The summed E-state index contributed by atoms with van der Waals surface area (Å²) in [4.78, 5) is 16.9. The molecule has 134 valence electrons. The number of rotatable bonds is 5. The van der Waals surface area contributed by atoms with Crippen molar-refractivity contribution in [1.82, 2.24) is 10.2 Å². The van der Waals surface area contributed by atoms with Crippen molar-refractivity contribution < 1.29 is 4.79 Å². The monoisotopic (exact) mass is 340 g/mol. The third-order valence-corrected chi connectivity index (χ3v) is 5.68. The quantitative estimate of drug-likeness (QED) is 0.893. The Bertz CT molecular complexity index is 683. The number of nitrogens with one attached hydrogen (secondary N) is 1. The average Bonchev–Trinajstić information content (AvgIpc) is 3.43. The molecule has 5 nitrogen and oxygen atoms in total. The van der Waals surface area contributed by atoms with Crippen LogP contribution in [0.3, 0.4) is 0 Å². The maximum Gasteiger partial charge on any atom is 0.235 e. The standard InChI is InChI=1S/C20H28N4O/c1-15-5-4-6-18(16(15)2)24-11-9-23(10-12-24)13-19(25)22-20(3,14-21)17-7-8-17/h4-6,17H,7-13H2,1-3H3,(H,22,25)/t20-/m0/s1. The third-order valence-electron chi connectivity index (χ3n) is 5.68. The van der Waals surface area contributed by atoms with E-state index in [0.717, 1.165) is 39.0 Å². The lowest BCUT2D eigenvalue weighted by atomic mass is 9.98. The Morgan fingerprint density at radius 2 is 1.96 bits per heavy atom. The number of nitriles is 1. The molecule has 1 aliphatic heterocycles. The van der Waals surface area contributed by atoms with E-state index >= 15 is 0 Å². The molecule has 1 amide bonds. The highest BCUT2D eigenvalue weighted by Gasteiger charge is 2.43. The minimum Gasteiger partial charge on any atom is -0.369 e. The van der Waals surface area contributed by atoms with E-state index in [-0.39, 0.29) is 5.91 Å². The zero-order chi connectivity index (χ0) is 18.0. The molecule has 0 bridgehead atoms. The molecule has 0 radical (unpaired) electrons. The van der Waals surface area contributed by atoms with Crippen molar-refractivity contribution >= 4 is 11.6 Å². The highest BCUT2D eigenvalue weighted by atomic mass is 16.2. The minimum absolute atomic E-state index is 0.0314. The Morgan fingerprint density at radius 1 is 1.28 bits per heavy atom. The SMILES string of the molecule is Cc1cccc(N2CCN(CC(=O)N[C@@](C)(C#N)C3CC3)CC2)c1C. The summed E-state index contributed by atoms with van der Waals surface area (Å²) in [5.74, 6) is 0.290. The van der Waals surface area contributed by atoms with Gasteiger partial charge in [0, 0.05) is 31.9 Å². The number of piperazine rings is 1. The van der Waals surface area contributed by atoms with E-state index in [1.165, 1.54) is 16.8 Å². The number of aryl methyl sites for hydroxylation is 1. The summed E-state index contributed by atoms with van der Waals surface area (Å²) in [5, 5.41) is 12.3. The minimum atomic E-state index is -0.697. The molecule has 5 heteroatoms. The van der Waals surface area contributed by atoms with E-state index in [4.69, 9.17) is 0 Å². The lowest BCUT2D eigenvalue weighted by Crippen LogP contribution is -2.53. The molecule has 1 saturated heterocycles. The second-order valence-electron chi connectivity index (χ2n) is 7.62. The van der Waals surface area contributed by atoms with Crippen LogP contribution in [0.1, 0.15) is 30.9 Å². The van der Waals surface area contributed by atoms with Gasteiger partial charge in [0.2, 0.25) is 5.91 Å². The molecule has 1 aliphatic carbocycles. The van der Waals surface area contributed by atoms with Gasteiger partial charge in [-0.2, -0.15) is 5.26 Å². The summed E-state index contributed by atoms with van der Waals surface area (Å²) < 4.78 is 0. The van der Waals surface area contributed by atoms with E-state index in [0.29, 0.717) is 12.5 Å². The summed E-state index contributed by atoms with van der Waals surface area (Å²) in [5.41, 5.74) is 3.25. The van der Waals surface area contributed by atoms with Crippen LogP contribution in [0.5, 0.6) is 0 Å². The Hall–Kier alpha value is -2.06. The second-order valence-corrected chi connectivity index (χ2v) is 7.62. The van der Waals surface area contributed by atoms with Gasteiger partial charge in [0.05, 0.1) is 12.6 Å². The van der Waals surface area contributed by atoms with Crippen LogP contribution in [0.15, 0.2) is 18.2 Å². The fourth-order valence-corrected chi connectivity index (χ4v) is 3.64. The summed E-state index contributed by atoms with van der Waals surface area (Å²) in [7, 11) is 0. The maximum atomic E-state index is 12.4.